The maximum Gasteiger partial charge on any atom is 0.324 e. The topological polar surface area (TPSA) is 112 Å². The Morgan fingerprint density at radius 3 is 2.27 bits per heavy atom. The van der Waals surface area contributed by atoms with Crippen molar-refractivity contribution in [3.63, 3.8) is 0 Å². The van der Waals surface area contributed by atoms with Gasteiger partial charge in [-0.1, -0.05) is 6.08 Å². The molecule has 0 saturated heterocycles. The summed E-state index contributed by atoms with van der Waals surface area (Å²) in [5, 5.41) is 21.7. The lowest BCUT2D eigenvalue weighted by Gasteiger charge is -2.27. The molecule has 0 fully saturated rings. The van der Waals surface area contributed by atoms with Crippen molar-refractivity contribution in [3.8, 4) is 0 Å². The molecule has 1 aliphatic rings. The van der Waals surface area contributed by atoms with Crippen LogP contribution < -0.4 is 5.73 Å². The van der Waals surface area contributed by atoms with Gasteiger partial charge in [0.1, 0.15) is 0 Å². The summed E-state index contributed by atoms with van der Waals surface area (Å²) in [7, 11) is 0. The van der Waals surface area contributed by atoms with E-state index in [-0.39, 0.29) is 5.70 Å². The molecule has 7 nitrogen and oxygen atoms in total. The molecule has 15 heavy (non-hydrogen) atoms. The molecule has 0 amide bonds. The molecule has 0 aromatic rings. The molecule has 0 aliphatic heterocycles. The second-order valence-electron chi connectivity index (χ2n) is 3.61. The van der Waals surface area contributed by atoms with E-state index in [2.05, 4.69) is 0 Å². The minimum atomic E-state index is -1.76. The zero-order chi connectivity index (χ0) is 11.8. The summed E-state index contributed by atoms with van der Waals surface area (Å²) in [6.07, 6.45) is 2.78. The van der Waals surface area contributed by atoms with Gasteiger partial charge in [-0.15, -0.1) is 0 Å². The van der Waals surface area contributed by atoms with E-state index < -0.39 is 21.4 Å². The highest BCUT2D eigenvalue weighted by Gasteiger charge is 2.58. The number of nitrogens with zero attached hydrogens (tertiary/aromatic N) is 2. The summed E-state index contributed by atoms with van der Waals surface area (Å²) >= 11 is 0. The molecule has 0 saturated carbocycles. The SMILES string of the molecule is CC1=CC=C(N)C([N+](=O)[O-])C1(C)[N+](=O)[O-]. The van der Waals surface area contributed by atoms with Crippen LogP contribution in [0.5, 0.6) is 0 Å². The molecule has 2 N–H and O–H groups in total. The molecule has 0 radical (unpaired) electrons. The van der Waals surface area contributed by atoms with Gasteiger partial charge in [0.05, 0.1) is 5.70 Å². The van der Waals surface area contributed by atoms with Crippen molar-refractivity contribution in [2.45, 2.75) is 25.4 Å². The van der Waals surface area contributed by atoms with E-state index in [1.807, 2.05) is 0 Å². The lowest BCUT2D eigenvalue weighted by Crippen LogP contribution is -2.55. The molecular weight excluding hydrogens is 202 g/mol. The highest BCUT2D eigenvalue weighted by molar-refractivity contribution is 5.33. The molecule has 0 bridgehead atoms. The van der Waals surface area contributed by atoms with Crippen molar-refractivity contribution >= 4 is 0 Å². The third-order valence-electron chi connectivity index (χ3n) is 2.76. The van der Waals surface area contributed by atoms with E-state index in [1.54, 1.807) is 0 Å². The first-order valence-corrected chi connectivity index (χ1v) is 4.24. The van der Waals surface area contributed by atoms with Crippen LogP contribution in [0.1, 0.15) is 13.8 Å². The van der Waals surface area contributed by atoms with Crippen LogP contribution in [-0.4, -0.2) is 21.4 Å². The lowest BCUT2D eigenvalue weighted by atomic mass is 9.81. The van der Waals surface area contributed by atoms with Crippen LogP contribution in [0.25, 0.3) is 0 Å². The van der Waals surface area contributed by atoms with Gasteiger partial charge in [0, 0.05) is 22.3 Å². The number of rotatable bonds is 2. The van der Waals surface area contributed by atoms with Crippen molar-refractivity contribution in [2.24, 2.45) is 5.73 Å². The van der Waals surface area contributed by atoms with E-state index in [1.165, 1.54) is 26.0 Å². The maximum absolute atomic E-state index is 10.9. The molecular formula is C8H11N3O4. The van der Waals surface area contributed by atoms with Crippen LogP contribution in [0.4, 0.5) is 0 Å². The first-order valence-electron chi connectivity index (χ1n) is 4.24. The van der Waals surface area contributed by atoms with Crippen molar-refractivity contribution in [2.75, 3.05) is 0 Å². The van der Waals surface area contributed by atoms with Crippen LogP contribution in [0.15, 0.2) is 23.4 Å². The van der Waals surface area contributed by atoms with E-state index in [9.17, 15) is 20.2 Å². The fourth-order valence-electron chi connectivity index (χ4n) is 1.59. The second-order valence-corrected chi connectivity index (χ2v) is 3.61. The molecule has 2 unspecified atom stereocenters. The van der Waals surface area contributed by atoms with E-state index in [4.69, 9.17) is 5.73 Å². The Bertz CT molecular complexity index is 387. The Labute approximate surface area is 85.6 Å². The van der Waals surface area contributed by atoms with Crippen molar-refractivity contribution < 1.29 is 9.85 Å². The van der Waals surface area contributed by atoms with Gasteiger partial charge in [0.25, 0.3) is 0 Å². The predicted octanol–water partition coefficient (Wildman–Crippen LogP) is 0.470. The standard InChI is InChI=1S/C8H11N3O4/c1-5-3-4-6(9)7(10(12)13)8(5,2)11(14)15/h3-4,7H,9H2,1-2H3. The first-order chi connectivity index (χ1) is 6.81. The third-order valence-corrected chi connectivity index (χ3v) is 2.76. The predicted molar refractivity (Wildman–Crippen MR) is 52.2 cm³/mol. The molecule has 1 rings (SSSR count). The quantitative estimate of drug-likeness (QED) is 0.529. The van der Waals surface area contributed by atoms with E-state index in [0.717, 1.165) is 0 Å². The summed E-state index contributed by atoms with van der Waals surface area (Å²) in [5.74, 6) is 0. The molecule has 0 aromatic carbocycles. The summed E-state index contributed by atoms with van der Waals surface area (Å²) in [4.78, 5) is 20.3. The van der Waals surface area contributed by atoms with Crippen molar-refractivity contribution in [1.82, 2.24) is 0 Å². The highest BCUT2D eigenvalue weighted by Crippen LogP contribution is 2.32. The largest absolute Gasteiger partial charge is 0.396 e. The Morgan fingerprint density at radius 1 is 1.40 bits per heavy atom. The zero-order valence-electron chi connectivity index (χ0n) is 8.34. The average Bonchev–Trinajstić information content (AvgIpc) is 2.11. The van der Waals surface area contributed by atoms with Crippen LogP contribution >= 0.6 is 0 Å². The van der Waals surface area contributed by atoms with E-state index >= 15 is 0 Å². The monoisotopic (exact) mass is 213 g/mol. The number of nitro groups is 2. The molecule has 2 atom stereocenters. The fourth-order valence-corrected chi connectivity index (χ4v) is 1.59. The summed E-state index contributed by atoms with van der Waals surface area (Å²) in [5.41, 5.74) is 3.89. The second kappa shape index (κ2) is 3.34. The van der Waals surface area contributed by atoms with Gasteiger partial charge >= 0.3 is 11.6 Å². The number of allylic oxidation sites excluding steroid dienone is 2. The molecule has 0 aromatic heterocycles. The number of hydrogen-bond donors (Lipinski definition) is 1. The van der Waals surface area contributed by atoms with Crippen LogP contribution in [-0.2, 0) is 0 Å². The van der Waals surface area contributed by atoms with Crippen LogP contribution in [0.2, 0.25) is 0 Å². The average molecular weight is 213 g/mol. The van der Waals surface area contributed by atoms with Crippen molar-refractivity contribution in [3.05, 3.63) is 43.7 Å². The molecule has 0 spiro atoms. The Hall–Kier alpha value is -1.92. The highest BCUT2D eigenvalue weighted by atomic mass is 16.6. The first kappa shape index (κ1) is 11.2. The Morgan fingerprint density at radius 2 is 1.93 bits per heavy atom. The minimum Gasteiger partial charge on any atom is -0.396 e. The minimum absolute atomic E-state index is 0.0928. The van der Waals surface area contributed by atoms with Gasteiger partial charge in [-0.05, 0) is 13.0 Å². The van der Waals surface area contributed by atoms with Gasteiger partial charge in [-0.2, -0.15) is 0 Å². The smallest absolute Gasteiger partial charge is 0.324 e. The molecule has 1 aliphatic carbocycles. The number of nitrogens with two attached hydrogens (primary N) is 1. The lowest BCUT2D eigenvalue weighted by molar-refractivity contribution is -0.634. The number of hydrogen-bond acceptors (Lipinski definition) is 5. The maximum atomic E-state index is 10.9. The van der Waals surface area contributed by atoms with Gasteiger partial charge < -0.3 is 5.73 Å². The van der Waals surface area contributed by atoms with E-state index in [0.29, 0.717) is 5.57 Å². The third kappa shape index (κ3) is 1.45. The fraction of sp³-hybridized carbons (Fsp3) is 0.500. The van der Waals surface area contributed by atoms with Crippen LogP contribution in [0.3, 0.4) is 0 Å². The normalized spacial score (nSPS) is 30.4. The van der Waals surface area contributed by atoms with Gasteiger partial charge in [-0.25, -0.2) is 0 Å². The van der Waals surface area contributed by atoms with Gasteiger partial charge in [0.2, 0.25) is 0 Å². The molecule has 0 heterocycles. The summed E-state index contributed by atoms with van der Waals surface area (Å²) in [6.45, 7) is 2.70. The Balaban J connectivity index is 3.34. The molecule has 82 valence electrons. The summed E-state index contributed by atoms with van der Waals surface area (Å²) in [6, 6.07) is -1.50. The Kier molecular flexibility index (Phi) is 2.48. The van der Waals surface area contributed by atoms with Crippen LogP contribution in [0, 0.1) is 20.2 Å². The molecule has 7 heteroatoms. The van der Waals surface area contributed by atoms with Gasteiger partial charge in [0.15, 0.2) is 0 Å². The zero-order valence-corrected chi connectivity index (χ0v) is 8.34. The summed E-state index contributed by atoms with van der Waals surface area (Å²) < 4.78 is 0. The van der Waals surface area contributed by atoms with Crippen molar-refractivity contribution in [1.29, 1.82) is 0 Å². The van der Waals surface area contributed by atoms with Gasteiger partial charge in [-0.3, -0.25) is 20.2 Å².